The van der Waals surface area contributed by atoms with Gasteiger partial charge in [0.15, 0.2) is 0 Å². The first-order valence-corrected chi connectivity index (χ1v) is 16.0. The van der Waals surface area contributed by atoms with E-state index in [9.17, 15) is 19.2 Å². The molecule has 2 aliphatic carbocycles. The smallest absolute Gasteiger partial charge is 0.225 e. The standard InChI is InChI=1S/C30H36N6O3S/c1-21-6-9-24(18-32-21)36-19-27(22-7-10-23(11-8-22)35-14-16-40(38,39)17-15-35)28(34-36)25-4-2-3-5-26(25)29(37)33-30(20-31)12-13-30/h6-11,18-19,25-26,38-39H,2-5,12-17H2,1H3,(H,33,37)/t25-,26-/m1/s1. The zero-order valence-corrected chi connectivity index (χ0v) is 23.6. The molecule has 1 aliphatic heterocycles. The molecule has 0 radical (unpaired) electrons. The van der Waals surface area contributed by atoms with Crippen molar-refractivity contribution in [3.63, 3.8) is 0 Å². The maximum absolute atomic E-state index is 13.5. The fourth-order valence-electron chi connectivity index (χ4n) is 5.94. The highest BCUT2D eigenvalue weighted by Crippen LogP contribution is 2.44. The normalized spacial score (nSPS) is 24.1. The maximum atomic E-state index is 13.5. The van der Waals surface area contributed by atoms with Crippen LogP contribution >= 0.6 is 10.6 Å². The fourth-order valence-corrected chi connectivity index (χ4v) is 7.17. The fraction of sp³-hybridized carbons (Fsp3) is 0.467. The van der Waals surface area contributed by atoms with E-state index in [0.29, 0.717) is 24.6 Å². The third-order valence-electron chi connectivity index (χ3n) is 8.60. The number of aromatic nitrogens is 3. The average molecular weight is 561 g/mol. The Bertz CT molecular complexity index is 1420. The van der Waals surface area contributed by atoms with Crippen LogP contribution in [0.5, 0.6) is 0 Å². The van der Waals surface area contributed by atoms with Gasteiger partial charge in [0.05, 0.1) is 35.2 Å². The van der Waals surface area contributed by atoms with Crippen LogP contribution in [0.1, 0.15) is 55.8 Å². The van der Waals surface area contributed by atoms with Gasteiger partial charge < -0.3 is 10.2 Å². The van der Waals surface area contributed by atoms with Crippen molar-refractivity contribution in [1.82, 2.24) is 20.1 Å². The van der Waals surface area contributed by atoms with Crippen molar-refractivity contribution in [3.8, 4) is 22.9 Å². The van der Waals surface area contributed by atoms with Gasteiger partial charge in [-0.25, -0.2) is 4.68 Å². The number of aryl methyl sites for hydroxylation is 1. The van der Waals surface area contributed by atoms with Crippen LogP contribution in [-0.2, 0) is 4.79 Å². The van der Waals surface area contributed by atoms with Gasteiger partial charge in [-0.1, -0.05) is 25.0 Å². The van der Waals surface area contributed by atoms with Gasteiger partial charge in [0.2, 0.25) is 5.91 Å². The van der Waals surface area contributed by atoms with E-state index in [0.717, 1.165) is 72.4 Å². The van der Waals surface area contributed by atoms with Gasteiger partial charge >= 0.3 is 0 Å². The van der Waals surface area contributed by atoms with E-state index >= 15 is 0 Å². The predicted molar refractivity (Wildman–Crippen MR) is 157 cm³/mol. The van der Waals surface area contributed by atoms with Crippen molar-refractivity contribution >= 4 is 22.2 Å². The number of nitriles is 1. The molecular weight excluding hydrogens is 524 g/mol. The Morgan fingerprint density at radius 1 is 1.07 bits per heavy atom. The summed E-state index contributed by atoms with van der Waals surface area (Å²) in [5, 5.41) is 17.7. The summed E-state index contributed by atoms with van der Waals surface area (Å²) >= 11 is 0. The number of benzene rings is 1. The molecule has 1 aromatic carbocycles. The highest BCUT2D eigenvalue weighted by Gasteiger charge is 2.47. The zero-order chi connectivity index (χ0) is 27.9. The molecular formula is C30H36N6O3S. The van der Waals surface area contributed by atoms with Crippen molar-refractivity contribution in [1.29, 1.82) is 5.26 Å². The molecule has 0 unspecified atom stereocenters. The molecule has 3 fully saturated rings. The molecule has 210 valence electrons. The van der Waals surface area contributed by atoms with Crippen LogP contribution in [0.4, 0.5) is 5.69 Å². The second-order valence-electron chi connectivity index (χ2n) is 11.5. The topological polar surface area (TPSA) is 127 Å². The van der Waals surface area contributed by atoms with Crippen molar-refractivity contribution in [3.05, 3.63) is 60.2 Å². The maximum Gasteiger partial charge on any atom is 0.225 e. The van der Waals surface area contributed by atoms with E-state index < -0.39 is 16.1 Å². The Hall–Kier alpha value is -3.39. The lowest BCUT2D eigenvalue weighted by molar-refractivity contribution is -0.127. The number of nitrogens with one attached hydrogen (secondary N) is 1. The lowest BCUT2D eigenvalue weighted by Gasteiger charge is -2.41. The molecule has 0 spiro atoms. The van der Waals surface area contributed by atoms with Gasteiger partial charge in [0.1, 0.15) is 5.54 Å². The molecule has 1 amide bonds. The molecule has 0 bridgehead atoms. The quantitative estimate of drug-likeness (QED) is 0.375. The first kappa shape index (κ1) is 26.8. The van der Waals surface area contributed by atoms with Gasteiger partial charge in [-0.3, -0.25) is 18.9 Å². The summed E-state index contributed by atoms with van der Waals surface area (Å²) in [6.45, 7) is 3.19. The SMILES string of the molecule is Cc1ccc(-n2cc(-c3ccc(N4CCS(O)(O)CC4)cc3)c([C@@H]3CCCC[C@H]3C(=O)NC3(C#N)CC3)n2)cn1. The summed E-state index contributed by atoms with van der Waals surface area (Å²) in [5.41, 5.74) is 5.07. The number of carbonyl (C=O) groups excluding carboxylic acids is 1. The van der Waals surface area contributed by atoms with E-state index in [2.05, 4.69) is 45.5 Å². The average Bonchev–Trinajstić information content (AvgIpc) is 3.60. The third kappa shape index (κ3) is 5.46. The van der Waals surface area contributed by atoms with Gasteiger partial charge in [-0.15, -0.1) is 0 Å². The molecule has 3 aliphatic rings. The Balaban J connectivity index is 1.34. The molecule has 10 heteroatoms. The zero-order valence-electron chi connectivity index (χ0n) is 22.8. The third-order valence-corrected chi connectivity index (χ3v) is 10.3. The number of rotatable bonds is 6. The minimum atomic E-state index is -2.45. The van der Waals surface area contributed by atoms with E-state index in [1.807, 2.05) is 36.1 Å². The summed E-state index contributed by atoms with van der Waals surface area (Å²) in [6, 6.07) is 14.6. The minimum Gasteiger partial charge on any atom is -0.368 e. The molecule has 2 saturated carbocycles. The molecule has 3 heterocycles. The number of anilines is 1. The second kappa shape index (κ2) is 10.5. The van der Waals surface area contributed by atoms with Gasteiger partial charge in [0, 0.05) is 48.1 Å². The lowest BCUT2D eigenvalue weighted by atomic mass is 9.75. The van der Waals surface area contributed by atoms with Crippen LogP contribution in [0.3, 0.4) is 0 Å². The van der Waals surface area contributed by atoms with E-state index in [1.165, 1.54) is 0 Å². The van der Waals surface area contributed by atoms with Crippen LogP contribution in [0.15, 0.2) is 48.8 Å². The Morgan fingerprint density at radius 2 is 1.77 bits per heavy atom. The molecule has 40 heavy (non-hydrogen) atoms. The summed E-state index contributed by atoms with van der Waals surface area (Å²) in [4.78, 5) is 20.1. The number of hydrogen-bond donors (Lipinski definition) is 3. The first-order chi connectivity index (χ1) is 19.3. The van der Waals surface area contributed by atoms with E-state index in [-0.39, 0.29) is 17.7 Å². The number of nitrogens with zero attached hydrogens (tertiary/aromatic N) is 5. The lowest BCUT2D eigenvalue weighted by Crippen LogP contribution is -2.42. The molecule has 2 atom stereocenters. The summed E-state index contributed by atoms with van der Waals surface area (Å²) in [5.74, 6) is 0.478. The summed E-state index contributed by atoms with van der Waals surface area (Å²) < 4.78 is 21.8. The Labute approximate surface area is 236 Å². The number of carbonyl (C=O) groups is 1. The monoisotopic (exact) mass is 560 g/mol. The first-order valence-electron chi connectivity index (χ1n) is 14.1. The van der Waals surface area contributed by atoms with Gasteiger partial charge in [0.25, 0.3) is 0 Å². The number of hydrogen-bond acceptors (Lipinski definition) is 7. The predicted octanol–water partition coefficient (Wildman–Crippen LogP) is 5.26. The molecule has 2 aromatic heterocycles. The van der Waals surface area contributed by atoms with Crippen molar-refractivity contribution in [2.24, 2.45) is 5.92 Å². The van der Waals surface area contributed by atoms with Gasteiger partial charge in [-0.2, -0.15) is 21.0 Å². The molecule has 3 N–H and O–H groups in total. The summed E-state index contributed by atoms with van der Waals surface area (Å²) in [6.07, 6.45) is 8.95. The van der Waals surface area contributed by atoms with Crippen molar-refractivity contribution in [2.45, 2.75) is 56.9 Å². The van der Waals surface area contributed by atoms with Crippen LogP contribution < -0.4 is 10.2 Å². The van der Waals surface area contributed by atoms with Gasteiger partial charge in [-0.05, 0) is 62.4 Å². The van der Waals surface area contributed by atoms with Crippen LogP contribution in [-0.4, -0.2) is 59.9 Å². The van der Waals surface area contributed by atoms with E-state index in [4.69, 9.17) is 5.10 Å². The molecule has 9 nitrogen and oxygen atoms in total. The minimum absolute atomic E-state index is 0.0346. The summed E-state index contributed by atoms with van der Waals surface area (Å²) in [7, 11) is -2.45. The van der Waals surface area contributed by atoms with Crippen molar-refractivity contribution in [2.75, 3.05) is 29.5 Å². The van der Waals surface area contributed by atoms with Crippen LogP contribution in [0.2, 0.25) is 0 Å². The van der Waals surface area contributed by atoms with Crippen LogP contribution in [0.25, 0.3) is 16.8 Å². The highest BCUT2D eigenvalue weighted by molar-refractivity contribution is 8.24. The largest absolute Gasteiger partial charge is 0.368 e. The molecule has 6 rings (SSSR count). The van der Waals surface area contributed by atoms with E-state index in [1.54, 1.807) is 0 Å². The van der Waals surface area contributed by atoms with Crippen LogP contribution in [0, 0.1) is 24.2 Å². The number of amides is 1. The molecule has 3 aromatic rings. The van der Waals surface area contributed by atoms with Crippen molar-refractivity contribution < 1.29 is 13.9 Å². The highest BCUT2D eigenvalue weighted by atomic mass is 32.3. The molecule has 1 saturated heterocycles. The Kier molecular flexibility index (Phi) is 7.07. The Morgan fingerprint density at radius 3 is 2.42 bits per heavy atom. The number of pyridine rings is 1. The second-order valence-corrected chi connectivity index (χ2v) is 13.9.